The van der Waals surface area contributed by atoms with Crippen molar-refractivity contribution in [2.24, 2.45) is 0 Å². The molecule has 0 aliphatic carbocycles. The summed E-state index contributed by atoms with van der Waals surface area (Å²) in [6.45, 7) is 5.22. The Morgan fingerprint density at radius 1 is 0.941 bits per heavy atom. The first-order chi connectivity index (χ1) is 16.6. The van der Waals surface area contributed by atoms with Gasteiger partial charge in [0.2, 0.25) is 0 Å². The van der Waals surface area contributed by atoms with Gasteiger partial charge in [-0.2, -0.15) is 0 Å². The molecule has 2 N–H and O–H groups in total. The van der Waals surface area contributed by atoms with Crippen LogP contribution in [0.4, 0.5) is 11.4 Å². The molecule has 7 nitrogen and oxygen atoms in total. The second-order valence-corrected chi connectivity index (χ2v) is 8.06. The molecule has 0 saturated carbocycles. The van der Waals surface area contributed by atoms with Crippen LogP contribution in [0.5, 0.6) is 5.75 Å². The minimum atomic E-state index is -0.790. The quantitative estimate of drug-likeness (QED) is 0.535. The van der Waals surface area contributed by atoms with Crippen LogP contribution in [-0.2, 0) is 16.1 Å². The summed E-state index contributed by atoms with van der Waals surface area (Å²) in [7, 11) is 0. The van der Waals surface area contributed by atoms with Crippen LogP contribution in [0.15, 0.2) is 78.9 Å². The average molecular weight is 460 g/mol. The maximum Gasteiger partial charge on any atom is 0.265 e. The van der Waals surface area contributed by atoms with Crippen molar-refractivity contribution in [3.05, 3.63) is 90.0 Å². The Balaban J connectivity index is 1.34. The second-order valence-electron chi connectivity index (χ2n) is 8.06. The van der Waals surface area contributed by atoms with Gasteiger partial charge in [0.1, 0.15) is 5.75 Å². The molecule has 1 unspecified atom stereocenters. The summed E-state index contributed by atoms with van der Waals surface area (Å²) in [6.07, 6.45) is -0.790. The highest BCUT2D eigenvalue weighted by molar-refractivity contribution is 5.97. The van der Waals surface area contributed by atoms with Crippen molar-refractivity contribution in [2.45, 2.75) is 19.6 Å². The number of rotatable bonds is 8. The summed E-state index contributed by atoms with van der Waals surface area (Å²) in [4.78, 5) is 27.7. The Morgan fingerprint density at radius 2 is 1.62 bits per heavy atom. The summed E-state index contributed by atoms with van der Waals surface area (Å²) in [5.41, 5.74) is 3.17. The first-order valence-electron chi connectivity index (χ1n) is 11.4. The third-order valence-electron chi connectivity index (χ3n) is 5.61. The molecular formula is C27H29N3O4. The number of morpholine rings is 1. The molecular weight excluding hydrogens is 430 g/mol. The van der Waals surface area contributed by atoms with E-state index in [-0.39, 0.29) is 11.8 Å². The first kappa shape index (κ1) is 23.3. The molecule has 7 heteroatoms. The number of carbonyl (C=O) groups is 2. The van der Waals surface area contributed by atoms with E-state index in [2.05, 4.69) is 15.5 Å². The summed E-state index contributed by atoms with van der Waals surface area (Å²) >= 11 is 0. The molecule has 1 atom stereocenters. The lowest BCUT2D eigenvalue weighted by molar-refractivity contribution is -0.122. The maximum absolute atomic E-state index is 12.7. The summed E-state index contributed by atoms with van der Waals surface area (Å²) in [5, 5.41) is 5.78. The standard InChI is InChI=1S/C27H29N3O4/c1-20(26(31)29-22-11-13-23(14-12-22)30-15-17-33-18-16-30)34-25-10-6-5-9-24(25)27(32)28-19-21-7-3-2-4-8-21/h2-14,20H,15-19H2,1H3,(H,28,32)(H,29,31). The van der Waals surface area contributed by atoms with E-state index in [1.807, 2.05) is 54.6 Å². The number of hydrogen-bond donors (Lipinski definition) is 2. The molecule has 0 aromatic heterocycles. The van der Waals surface area contributed by atoms with Crippen LogP contribution in [0.1, 0.15) is 22.8 Å². The van der Waals surface area contributed by atoms with Crippen molar-refractivity contribution in [1.82, 2.24) is 5.32 Å². The third kappa shape index (κ3) is 6.14. The number of carbonyl (C=O) groups excluding carboxylic acids is 2. The van der Waals surface area contributed by atoms with Gasteiger partial charge in [-0.15, -0.1) is 0 Å². The van der Waals surface area contributed by atoms with Crippen LogP contribution < -0.4 is 20.3 Å². The number of ether oxygens (including phenoxy) is 2. The lowest BCUT2D eigenvalue weighted by atomic mass is 10.1. The SMILES string of the molecule is CC(Oc1ccccc1C(=O)NCc1ccccc1)C(=O)Nc1ccc(N2CCOCC2)cc1. The number of nitrogens with one attached hydrogen (secondary N) is 2. The average Bonchev–Trinajstić information content (AvgIpc) is 2.89. The number of hydrogen-bond acceptors (Lipinski definition) is 5. The maximum atomic E-state index is 12.7. The normalized spacial score (nSPS) is 14.2. The van der Waals surface area contributed by atoms with Gasteiger partial charge in [0.05, 0.1) is 18.8 Å². The zero-order valence-electron chi connectivity index (χ0n) is 19.2. The molecule has 3 aromatic carbocycles. The van der Waals surface area contributed by atoms with Crippen LogP contribution in [0.2, 0.25) is 0 Å². The van der Waals surface area contributed by atoms with E-state index in [1.54, 1.807) is 31.2 Å². The number of benzene rings is 3. The zero-order valence-corrected chi connectivity index (χ0v) is 19.2. The van der Waals surface area contributed by atoms with Crippen LogP contribution >= 0.6 is 0 Å². The summed E-state index contributed by atoms with van der Waals surface area (Å²) in [6, 6.07) is 24.3. The minimum absolute atomic E-state index is 0.259. The fourth-order valence-corrected chi connectivity index (χ4v) is 3.70. The van der Waals surface area contributed by atoms with Crippen molar-refractivity contribution in [2.75, 3.05) is 36.5 Å². The predicted octanol–water partition coefficient (Wildman–Crippen LogP) is 3.86. The number of anilines is 2. The molecule has 0 radical (unpaired) electrons. The van der Waals surface area contributed by atoms with Gasteiger partial charge in [-0.05, 0) is 48.9 Å². The van der Waals surface area contributed by atoms with Gasteiger partial charge in [0.15, 0.2) is 6.10 Å². The van der Waals surface area contributed by atoms with Gasteiger partial charge in [0.25, 0.3) is 11.8 Å². The molecule has 34 heavy (non-hydrogen) atoms. The summed E-state index contributed by atoms with van der Waals surface area (Å²) in [5.74, 6) is -0.192. The highest BCUT2D eigenvalue weighted by Crippen LogP contribution is 2.22. The Hall–Kier alpha value is -3.84. The number of amides is 2. The molecule has 176 valence electrons. The lowest BCUT2D eigenvalue weighted by Crippen LogP contribution is -2.36. The van der Waals surface area contributed by atoms with Crippen molar-refractivity contribution in [3.8, 4) is 5.75 Å². The summed E-state index contributed by atoms with van der Waals surface area (Å²) < 4.78 is 11.3. The predicted molar refractivity (Wildman–Crippen MR) is 132 cm³/mol. The van der Waals surface area contributed by atoms with E-state index in [0.29, 0.717) is 23.5 Å². The molecule has 2 amide bonds. The van der Waals surface area contributed by atoms with E-state index in [4.69, 9.17) is 9.47 Å². The van der Waals surface area contributed by atoms with E-state index in [1.165, 1.54) is 0 Å². The third-order valence-corrected chi connectivity index (χ3v) is 5.61. The largest absolute Gasteiger partial charge is 0.480 e. The molecule has 1 aliphatic heterocycles. The second kappa shape index (κ2) is 11.3. The molecule has 3 aromatic rings. The molecule has 1 saturated heterocycles. The smallest absolute Gasteiger partial charge is 0.265 e. The van der Waals surface area contributed by atoms with Crippen LogP contribution in [-0.4, -0.2) is 44.2 Å². The van der Waals surface area contributed by atoms with Crippen molar-refractivity contribution >= 4 is 23.2 Å². The fourth-order valence-electron chi connectivity index (χ4n) is 3.70. The van der Waals surface area contributed by atoms with E-state index < -0.39 is 6.10 Å². The van der Waals surface area contributed by atoms with Crippen molar-refractivity contribution < 1.29 is 19.1 Å². The highest BCUT2D eigenvalue weighted by Gasteiger charge is 2.19. The monoisotopic (exact) mass is 459 g/mol. The molecule has 1 heterocycles. The van der Waals surface area contributed by atoms with Gasteiger partial charge in [-0.25, -0.2) is 0 Å². The Morgan fingerprint density at radius 3 is 2.35 bits per heavy atom. The first-order valence-corrected chi connectivity index (χ1v) is 11.4. The molecule has 0 spiro atoms. The fraction of sp³-hybridized carbons (Fsp3) is 0.259. The van der Waals surface area contributed by atoms with E-state index >= 15 is 0 Å². The lowest BCUT2D eigenvalue weighted by Gasteiger charge is -2.29. The molecule has 1 aliphatic rings. The minimum Gasteiger partial charge on any atom is -0.480 e. The van der Waals surface area contributed by atoms with Crippen LogP contribution in [0.3, 0.4) is 0 Å². The number of nitrogens with zero attached hydrogens (tertiary/aromatic N) is 1. The van der Waals surface area contributed by atoms with Crippen LogP contribution in [0, 0.1) is 0 Å². The zero-order chi connectivity index (χ0) is 23.8. The van der Waals surface area contributed by atoms with Crippen molar-refractivity contribution in [3.63, 3.8) is 0 Å². The van der Waals surface area contributed by atoms with E-state index in [9.17, 15) is 9.59 Å². The Labute approximate surface area is 199 Å². The van der Waals surface area contributed by atoms with Gasteiger partial charge >= 0.3 is 0 Å². The van der Waals surface area contributed by atoms with Gasteiger partial charge in [0, 0.05) is 31.0 Å². The Bertz CT molecular complexity index is 1100. The van der Waals surface area contributed by atoms with Crippen LogP contribution in [0.25, 0.3) is 0 Å². The van der Waals surface area contributed by atoms with E-state index in [0.717, 1.165) is 37.6 Å². The molecule has 0 bridgehead atoms. The molecule has 4 rings (SSSR count). The van der Waals surface area contributed by atoms with Gasteiger partial charge < -0.3 is 25.0 Å². The topological polar surface area (TPSA) is 79.9 Å². The van der Waals surface area contributed by atoms with Gasteiger partial charge in [-0.1, -0.05) is 42.5 Å². The number of para-hydroxylation sites is 1. The highest BCUT2D eigenvalue weighted by atomic mass is 16.5. The Kier molecular flexibility index (Phi) is 7.78. The van der Waals surface area contributed by atoms with Gasteiger partial charge in [-0.3, -0.25) is 9.59 Å². The molecule has 1 fully saturated rings. The van der Waals surface area contributed by atoms with Crippen molar-refractivity contribution in [1.29, 1.82) is 0 Å².